The fourth-order valence-corrected chi connectivity index (χ4v) is 2.31. The molecule has 0 saturated carbocycles. The maximum atomic E-state index is 12.2. The van der Waals surface area contributed by atoms with Gasteiger partial charge in [-0.05, 0) is 40.5 Å². The molecule has 0 fully saturated rings. The summed E-state index contributed by atoms with van der Waals surface area (Å²) in [6.45, 7) is 16.0. The number of nitrogens with zero attached hydrogens (tertiary/aromatic N) is 1. The number of alkyl halides is 1. The smallest absolute Gasteiger partial charge is 0.189 e. The second kappa shape index (κ2) is 10.6. The maximum absolute atomic E-state index is 12.2. The van der Waals surface area contributed by atoms with Crippen molar-refractivity contribution in [3.8, 4) is 0 Å². The van der Waals surface area contributed by atoms with E-state index < -0.39 is 15.6 Å². The number of hydrogen-bond acceptors (Lipinski definition) is 3. The molecular weight excluding hydrogens is 269 g/mol. The molecule has 4 nitrogen and oxygen atoms in total. The van der Waals surface area contributed by atoms with Crippen LogP contribution in [0.5, 0.6) is 0 Å². The van der Waals surface area contributed by atoms with Crippen molar-refractivity contribution in [2.75, 3.05) is 26.2 Å². The Morgan fingerprint density at radius 2 is 1.37 bits per heavy atom. The Balaban J connectivity index is 0. The SMILES string of the molecule is CCCCC(F)S(=O)(=O)[O-].CC[N+](CC)(CC)CC. The molecule has 0 bridgehead atoms. The molecule has 0 aromatic heterocycles. The quantitative estimate of drug-likeness (QED) is 0.511. The largest absolute Gasteiger partial charge is 0.746 e. The Morgan fingerprint density at radius 3 is 1.53 bits per heavy atom. The van der Waals surface area contributed by atoms with E-state index in [-0.39, 0.29) is 6.42 Å². The molecule has 118 valence electrons. The number of unbranched alkanes of at least 4 members (excludes halogenated alkanes) is 1. The van der Waals surface area contributed by atoms with Crippen LogP contribution in [0, 0.1) is 0 Å². The van der Waals surface area contributed by atoms with Gasteiger partial charge in [0.05, 0.1) is 26.2 Å². The molecule has 0 amide bonds. The van der Waals surface area contributed by atoms with Gasteiger partial charge in [0.15, 0.2) is 5.50 Å². The fraction of sp³-hybridized carbons (Fsp3) is 1.00. The summed E-state index contributed by atoms with van der Waals surface area (Å²) < 4.78 is 43.2. The van der Waals surface area contributed by atoms with Crippen LogP contribution in [0.25, 0.3) is 0 Å². The predicted octanol–water partition coefficient (Wildman–Crippen LogP) is 2.90. The van der Waals surface area contributed by atoms with Crippen LogP contribution in [0.1, 0.15) is 53.9 Å². The topological polar surface area (TPSA) is 57.2 Å². The minimum absolute atomic E-state index is 0.178. The van der Waals surface area contributed by atoms with Gasteiger partial charge in [-0.1, -0.05) is 13.3 Å². The second-order valence-corrected chi connectivity index (χ2v) is 6.15. The molecule has 0 heterocycles. The van der Waals surface area contributed by atoms with Gasteiger partial charge in [-0.25, -0.2) is 12.8 Å². The van der Waals surface area contributed by atoms with Gasteiger partial charge in [-0.15, -0.1) is 0 Å². The van der Waals surface area contributed by atoms with Gasteiger partial charge in [-0.2, -0.15) is 0 Å². The third-order valence-electron chi connectivity index (χ3n) is 3.78. The Morgan fingerprint density at radius 1 is 1.00 bits per heavy atom. The van der Waals surface area contributed by atoms with Crippen LogP contribution in [0.15, 0.2) is 0 Å². The molecular formula is C13H30FNO3S. The minimum atomic E-state index is -4.69. The number of hydrogen-bond donors (Lipinski definition) is 0. The van der Waals surface area contributed by atoms with E-state index in [2.05, 4.69) is 27.7 Å². The summed E-state index contributed by atoms with van der Waals surface area (Å²) in [5.74, 6) is 0. The molecule has 0 saturated heterocycles. The summed E-state index contributed by atoms with van der Waals surface area (Å²) in [6.07, 6.45) is 0.945. The summed E-state index contributed by atoms with van der Waals surface area (Å²) in [7, 11) is -4.69. The third kappa shape index (κ3) is 9.35. The third-order valence-corrected chi connectivity index (χ3v) is 4.64. The Kier molecular flexibility index (Phi) is 11.7. The van der Waals surface area contributed by atoms with E-state index in [1.807, 2.05) is 0 Å². The number of quaternary nitrogens is 1. The molecule has 0 aromatic rings. The van der Waals surface area contributed by atoms with Crippen LogP contribution in [-0.2, 0) is 10.1 Å². The average molecular weight is 299 g/mol. The van der Waals surface area contributed by atoms with Crippen molar-refractivity contribution in [1.82, 2.24) is 0 Å². The van der Waals surface area contributed by atoms with Gasteiger partial charge in [0, 0.05) is 0 Å². The zero-order chi connectivity index (χ0) is 15.5. The molecule has 6 heteroatoms. The van der Waals surface area contributed by atoms with E-state index in [1.165, 1.54) is 30.7 Å². The Hall–Kier alpha value is -0.200. The lowest BCUT2D eigenvalue weighted by Crippen LogP contribution is -2.47. The van der Waals surface area contributed by atoms with E-state index in [0.29, 0.717) is 12.8 Å². The van der Waals surface area contributed by atoms with Gasteiger partial charge in [0.1, 0.15) is 10.1 Å². The van der Waals surface area contributed by atoms with Gasteiger partial charge < -0.3 is 9.04 Å². The highest BCUT2D eigenvalue weighted by Gasteiger charge is 2.16. The molecule has 0 aromatic carbocycles. The number of halogens is 1. The van der Waals surface area contributed by atoms with E-state index in [1.54, 1.807) is 6.92 Å². The van der Waals surface area contributed by atoms with Crippen molar-refractivity contribution in [2.24, 2.45) is 0 Å². The van der Waals surface area contributed by atoms with Crippen molar-refractivity contribution >= 4 is 10.1 Å². The lowest BCUT2D eigenvalue weighted by Gasteiger charge is -2.34. The first kappa shape index (κ1) is 21.1. The molecule has 1 atom stereocenters. The van der Waals surface area contributed by atoms with Crippen molar-refractivity contribution in [3.05, 3.63) is 0 Å². The molecule has 0 aliphatic rings. The summed E-state index contributed by atoms with van der Waals surface area (Å²) in [6, 6.07) is 0. The van der Waals surface area contributed by atoms with Crippen molar-refractivity contribution in [1.29, 1.82) is 0 Å². The fourth-order valence-electron chi connectivity index (χ4n) is 1.85. The first-order chi connectivity index (χ1) is 8.72. The zero-order valence-electron chi connectivity index (χ0n) is 13.0. The predicted molar refractivity (Wildman–Crippen MR) is 76.5 cm³/mol. The monoisotopic (exact) mass is 299 g/mol. The van der Waals surface area contributed by atoms with E-state index in [0.717, 1.165) is 0 Å². The molecule has 0 N–H and O–H groups in total. The first-order valence-corrected chi connectivity index (χ1v) is 8.63. The van der Waals surface area contributed by atoms with E-state index in [4.69, 9.17) is 0 Å². The highest BCUT2D eigenvalue weighted by molar-refractivity contribution is 7.86. The molecule has 0 aliphatic carbocycles. The molecule has 0 aliphatic heterocycles. The van der Waals surface area contributed by atoms with E-state index >= 15 is 0 Å². The van der Waals surface area contributed by atoms with Crippen LogP contribution >= 0.6 is 0 Å². The van der Waals surface area contributed by atoms with Crippen LogP contribution in [-0.4, -0.2) is 49.1 Å². The van der Waals surface area contributed by atoms with Gasteiger partial charge in [-0.3, -0.25) is 0 Å². The van der Waals surface area contributed by atoms with Gasteiger partial charge >= 0.3 is 0 Å². The van der Waals surface area contributed by atoms with Crippen LogP contribution in [0.2, 0.25) is 0 Å². The molecule has 1 unspecified atom stereocenters. The number of rotatable bonds is 8. The second-order valence-electron chi connectivity index (χ2n) is 4.65. The highest BCUT2D eigenvalue weighted by atomic mass is 32.2. The minimum Gasteiger partial charge on any atom is -0.746 e. The Labute approximate surface area is 118 Å². The Bertz CT molecular complexity index is 286. The molecule has 0 rings (SSSR count). The summed E-state index contributed by atoms with van der Waals surface area (Å²) in [4.78, 5) is 0. The summed E-state index contributed by atoms with van der Waals surface area (Å²) >= 11 is 0. The van der Waals surface area contributed by atoms with Crippen molar-refractivity contribution in [2.45, 2.75) is 59.4 Å². The summed E-state index contributed by atoms with van der Waals surface area (Å²) in [5, 5.41) is 0. The van der Waals surface area contributed by atoms with Crippen molar-refractivity contribution in [3.63, 3.8) is 0 Å². The lowest BCUT2D eigenvalue weighted by atomic mass is 10.3. The zero-order valence-corrected chi connectivity index (χ0v) is 13.8. The van der Waals surface area contributed by atoms with Gasteiger partial charge in [0.2, 0.25) is 0 Å². The van der Waals surface area contributed by atoms with E-state index in [9.17, 15) is 17.4 Å². The molecule has 0 spiro atoms. The van der Waals surface area contributed by atoms with Gasteiger partial charge in [0.25, 0.3) is 0 Å². The molecule has 0 radical (unpaired) electrons. The van der Waals surface area contributed by atoms with Crippen LogP contribution < -0.4 is 0 Å². The molecule has 19 heavy (non-hydrogen) atoms. The maximum Gasteiger partial charge on any atom is 0.189 e. The highest BCUT2D eigenvalue weighted by Crippen LogP contribution is 2.09. The standard InChI is InChI=1S/C8H20N.C5H11FO3S/c1-5-9(6-2,7-3)8-4;1-2-3-4-5(6)10(7,8)9/h5-8H2,1-4H3;5H,2-4H2,1H3,(H,7,8,9)/q+1;/p-1. The normalized spacial score (nSPS) is 13.6. The van der Waals surface area contributed by atoms with Crippen LogP contribution in [0.4, 0.5) is 4.39 Å². The lowest BCUT2D eigenvalue weighted by molar-refractivity contribution is -0.921. The first-order valence-electron chi connectivity index (χ1n) is 7.16. The average Bonchev–Trinajstić information content (AvgIpc) is 2.39. The summed E-state index contributed by atoms with van der Waals surface area (Å²) in [5.41, 5.74) is -2.22. The van der Waals surface area contributed by atoms with Crippen LogP contribution in [0.3, 0.4) is 0 Å². The van der Waals surface area contributed by atoms with Crippen molar-refractivity contribution < 1.29 is 21.8 Å².